The average Bonchev–Trinajstić information content (AvgIpc) is 2.68. The molecule has 2 aromatic carbocycles. The van der Waals surface area contributed by atoms with Gasteiger partial charge in [0.25, 0.3) is 0 Å². The monoisotopic (exact) mass is 422 g/mol. The Morgan fingerprint density at radius 2 is 1.50 bits per heavy atom. The summed E-state index contributed by atoms with van der Waals surface area (Å²) in [6.45, 7) is 3.92. The van der Waals surface area contributed by atoms with Crippen LogP contribution in [0.1, 0.15) is 64.6 Å². The zero-order valence-corrected chi connectivity index (χ0v) is 16.9. The maximum absolute atomic E-state index is 12.6. The van der Waals surface area contributed by atoms with Crippen molar-refractivity contribution in [1.82, 2.24) is 0 Å². The van der Waals surface area contributed by atoms with Gasteiger partial charge in [0.05, 0.1) is 17.2 Å². The first-order chi connectivity index (χ1) is 14.1. The van der Waals surface area contributed by atoms with Crippen LogP contribution in [0.2, 0.25) is 0 Å². The molecule has 7 heteroatoms. The largest absolute Gasteiger partial charge is 0.459 e. The highest BCUT2D eigenvalue weighted by molar-refractivity contribution is 5.89. The lowest BCUT2D eigenvalue weighted by atomic mass is 9.94. The fraction of sp³-hybridized carbons (Fsp3) is 0.435. The Kier molecular flexibility index (Phi) is 6.83. The lowest BCUT2D eigenvalue weighted by Crippen LogP contribution is -2.29. The van der Waals surface area contributed by atoms with E-state index in [0.717, 1.165) is 35.4 Å². The fourth-order valence-electron chi connectivity index (χ4n) is 3.71. The van der Waals surface area contributed by atoms with Crippen LogP contribution in [0.3, 0.4) is 0 Å². The number of esters is 1. The number of carbonyl (C=O) groups excluding carboxylic acids is 1. The Bertz CT molecular complexity index is 849. The van der Waals surface area contributed by atoms with E-state index in [1.54, 1.807) is 0 Å². The van der Waals surface area contributed by atoms with Crippen molar-refractivity contribution in [2.45, 2.75) is 64.2 Å². The maximum atomic E-state index is 12.6. The van der Waals surface area contributed by atoms with Gasteiger partial charge >= 0.3 is 12.1 Å². The number of benzene rings is 2. The summed E-state index contributed by atoms with van der Waals surface area (Å²) in [6, 6.07) is 9.78. The van der Waals surface area contributed by atoms with Crippen LogP contribution < -0.4 is 0 Å². The van der Waals surface area contributed by atoms with Crippen LogP contribution in [-0.2, 0) is 15.7 Å². The first-order valence-electron chi connectivity index (χ1n) is 9.92. The first kappa shape index (κ1) is 22.3. The van der Waals surface area contributed by atoms with Crippen molar-refractivity contribution >= 4 is 5.97 Å². The van der Waals surface area contributed by atoms with Crippen molar-refractivity contribution in [3.05, 3.63) is 70.3 Å². The van der Waals surface area contributed by atoms with E-state index >= 15 is 0 Å². The minimum absolute atomic E-state index is 0.0895. The van der Waals surface area contributed by atoms with E-state index in [0.29, 0.717) is 31.2 Å². The van der Waals surface area contributed by atoms with Crippen LogP contribution in [0.25, 0.3) is 0 Å². The van der Waals surface area contributed by atoms with Crippen molar-refractivity contribution < 1.29 is 32.5 Å². The van der Waals surface area contributed by atoms with Crippen LogP contribution in [0.5, 0.6) is 0 Å². The van der Waals surface area contributed by atoms with E-state index in [2.05, 4.69) is 0 Å². The molecular formula is C23H25F3O4. The molecule has 0 bridgehead atoms. The third kappa shape index (κ3) is 5.83. The average molecular weight is 422 g/mol. The Morgan fingerprint density at radius 3 is 2.03 bits per heavy atom. The Hall–Kier alpha value is -2.38. The number of aryl methyl sites for hydroxylation is 2. The zero-order chi connectivity index (χ0) is 21.9. The number of aliphatic hydroxyl groups excluding tert-OH is 1. The van der Waals surface area contributed by atoms with Crippen LogP contribution in [0.4, 0.5) is 13.2 Å². The first-order valence-corrected chi connectivity index (χ1v) is 9.92. The van der Waals surface area contributed by atoms with E-state index in [1.165, 1.54) is 0 Å². The van der Waals surface area contributed by atoms with Gasteiger partial charge < -0.3 is 14.6 Å². The number of halogens is 3. The van der Waals surface area contributed by atoms with Crippen LogP contribution in [0, 0.1) is 13.8 Å². The Morgan fingerprint density at radius 1 is 0.967 bits per heavy atom. The number of hydrogen-bond acceptors (Lipinski definition) is 4. The highest BCUT2D eigenvalue weighted by Gasteiger charge is 2.31. The van der Waals surface area contributed by atoms with Crippen molar-refractivity contribution in [2.24, 2.45) is 0 Å². The molecule has 3 rings (SSSR count). The summed E-state index contributed by atoms with van der Waals surface area (Å²) < 4.78 is 49.1. The summed E-state index contributed by atoms with van der Waals surface area (Å²) in [5.41, 5.74) is 2.09. The molecule has 0 saturated heterocycles. The molecule has 4 nitrogen and oxygen atoms in total. The summed E-state index contributed by atoms with van der Waals surface area (Å²) in [7, 11) is 0. The second-order valence-electron chi connectivity index (χ2n) is 7.79. The van der Waals surface area contributed by atoms with Gasteiger partial charge in [0.1, 0.15) is 6.10 Å². The third-order valence-corrected chi connectivity index (χ3v) is 5.19. The second kappa shape index (κ2) is 9.18. The van der Waals surface area contributed by atoms with Crippen LogP contribution in [0.15, 0.2) is 42.5 Å². The van der Waals surface area contributed by atoms with Gasteiger partial charge in [-0.15, -0.1) is 0 Å². The highest BCUT2D eigenvalue weighted by atomic mass is 19.4. The molecule has 2 aromatic rings. The van der Waals surface area contributed by atoms with E-state index in [-0.39, 0.29) is 17.8 Å². The molecule has 0 aliphatic heterocycles. The Labute approximate surface area is 173 Å². The number of carbonyl (C=O) groups is 1. The number of hydrogen-bond donors (Lipinski definition) is 1. The number of alkyl halides is 3. The summed E-state index contributed by atoms with van der Waals surface area (Å²) in [6.07, 6.45) is -3.56. The normalized spacial score (nSPS) is 20.6. The molecule has 0 aromatic heterocycles. The van der Waals surface area contributed by atoms with E-state index < -0.39 is 24.0 Å². The molecule has 1 unspecified atom stereocenters. The molecule has 1 aliphatic carbocycles. The number of rotatable bonds is 5. The minimum Gasteiger partial charge on any atom is -0.459 e. The van der Waals surface area contributed by atoms with Crippen molar-refractivity contribution in [3.8, 4) is 0 Å². The highest BCUT2D eigenvalue weighted by Crippen LogP contribution is 2.30. The van der Waals surface area contributed by atoms with Gasteiger partial charge in [-0.05, 0) is 63.8 Å². The van der Waals surface area contributed by atoms with Gasteiger partial charge in [-0.2, -0.15) is 13.2 Å². The molecule has 0 amide bonds. The summed E-state index contributed by atoms with van der Waals surface area (Å²) >= 11 is 0. The second-order valence-corrected chi connectivity index (χ2v) is 7.79. The molecular weight excluding hydrogens is 397 g/mol. The maximum Gasteiger partial charge on any atom is 0.416 e. The molecule has 162 valence electrons. The van der Waals surface area contributed by atoms with Crippen LogP contribution >= 0.6 is 0 Å². The molecule has 1 atom stereocenters. The van der Waals surface area contributed by atoms with Gasteiger partial charge in [0.2, 0.25) is 0 Å². The van der Waals surface area contributed by atoms with Gasteiger partial charge in [-0.25, -0.2) is 4.79 Å². The predicted molar refractivity (Wildman–Crippen MR) is 105 cm³/mol. The van der Waals surface area contributed by atoms with E-state index in [4.69, 9.17) is 9.47 Å². The van der Waals surface area contributed by atoms with Gasteiger partial charge in [0, 0.05) is 5.56 Å². The number of aliphatic hydroxyl groups is 1. The van der Waals surface area contributed by atoms with Crippen molar-refractivity contribution in [1.29, 1.82) is 0 Å². The summed E-state index contributed by atoms with van der Waals surface area (Å²) in [5, 5.41) is 10.4. The number of ether oxygens (including phenoxy) is 2. The van der Waals surface area contributed by atoms with Crippen LogP contribution in [-0.4, -0.2) is 23.3 Å². The minimum atomic E-state index is -4.44. The molecule has 1 N–H and O–H groups in total. The lowest BCUT2D eigenvalue weighted by Gasteiger charge is -2.30. The van der Waals surface area contributed by atoms with Gasteiger partial charge in [-0.1, -0.05) is 29.3 Å². The lowest BCUT2D eigenvalue weighted by molar-refractivity contribution is -0.153. The molecule has 0 radical (unpaired) electrons. The topological polar surface area (TPSA) is 55.8 Å². The molecule has 1 fully saturated rings. The van der Waals surface area contributed by atoms with Crippen molar-refractivity contribution in [3.63, 3.8) is 0 Å². The predicted octanol–water partition coefficient (Wildman–Crippen LogP) is 5.50. The fourth-order valence-corrected chi connectivity index (χ4v) is 3.71. The Balaban J connectivity index is 1.49. The molecule has 0 spiro atoms. The van der Waals surface area contributed by atoms with E-state index in [1.807, 2.05) is 32.0 Å². The SMILES string of the molecule is Cc1cc(C)cc(C(O)OC2CCC(OC(=O)c3ccc(C(F)(F)F)cc3)CC2)c1. The quantitative estimate of drug-likeness (QED) is 0.511. The van der Waals surface area contributed by atoms with Gasteiger partial charge in [-0.3, -0.25) is 0 Å². The standard InChI is InChI=1S/C23H25F3O4/c1-14-11-15(2)13-17(12-14)22(28)30-20-9-7-19(8-10-20)29-21(27)16-3-5-18(6-4-16)23(24,25)26/h3-6,11-13,19-20,22,28H,7-10H2,1-2H3. The summed E-state index contributed by atoms with van der Waals surface area (Å²) in [4.78, 5) is 12.2. The third-order valence-electron chi connectivity index (χ3n) is 5.19. The zero-order valence-electron chi connectivity index (χ0n) is 16.9. The summed E-state index contributed by atoms with van der Waals surface area (Å²) in [5.74, 6) is -0.636. The molecule has 1 saturated carbocycles. The van der Waals surface area contributed by atoms with E-state index in [9.17, 15) is 23.1 Å². The van der Waals surface area contributed by atoms with Gasteiger partial charge in [0.15, 0.2) is 6.29 Å². The molecule has 30 heavy (non-hydrogen) atoms. The van der Waals surface area contributed by atoms with Crippen molar-refractivity contribution in [2.75, 3.05) is 0 Å². The molecule has 1 aliphatic rings. The smallest absolute Gasteiger partial charge is 0.416 e. The molecule has 0 heterocycles.